The second kappa shape index (κ2) is 10.7. The molecule has 0 saturated heterocycles. The van der Waals surface area contributed by atoms with E-state index in [1.807, 2.05) is 96.4 Å². The second-order valence-corrected chi connectivity index (χ2v) is 8.82. The summed E-state index contributed by atoms with van der Waals surface area (Å²) < 4.78 is 5.36. The maximum absolute atomic E-state index is 12.9. The Labute approximate surface area is 194 Å². The highest BCUT2D eigenvalue weighted by Gasteiger charge is 2.24. The molecule has 0 saturated carbocycles. The van der Waals surface area contributed by atoms with Crippen LogP contribution in [-0.4, -0.2) is 23.5 Å². The molecule has 1 atom stereocenters. The van der Waals surface area contributed by atoms with E-state index in [0.29, 0.717) is 5.13 Å². The van der Waals surface area contributed by atoms with Gasteiger partial charge in [-0.1, -0.05) is 78.9 Å². The molecule has 4 rings (SSSR count). The van der Waals surface area contributed by atoms with Gasteiger partial charge < -0.3 is 4.74 Å². The summed E-state index contributed by atoms with van der Waals surface area (Å²) in [5, 5.41) is 4.46. The average Bonchev–Trinajstić information content (AvgIpc) is 3.31. The minimum atomic E-state index is -0.573. The molecule has 1 heterocycles. The molecule has 0 aliphatic rings. The van der Waals surface area contributed by atoms with Crippen molar-refractivity contribution in [3.05, 3.63) is 102 Å². The summed E-state index contributed by atoms with van der Waals surface area (Å²) in [7, 11) is 0. The van der Waals surface area contributed by atoms with Crippen LogP contribution >= 0.6 is 23.1 Å². The van der Waals surface area contributed by atoms with Crippen LogP contribution in [0.3, 0.4) is 0 Å². The van der Waals surface area contributed by atoms with Gasteiger partial charge in [-0.05, 0) is 17.7 Å². The summed E-state index contributed by atoms with van der Waals surface area (Å²) in [5.41, 5.74) is 2.57. The first-order valence-electron chi connectivity index (χ1n) is 9.93. The summed E-state index contributed by atoms with van der Waals surface area (Å²) >= 11 is 2.71. The summed E-state index contributed by atoms with van der Waals surface area (Å²) in [6.45, 7) is -0.377. The summed E-state index contributed by atoms with van der Waals surface area (Å²) in [4.78, 5) is 30.6. The van der Waals surface area contributed by atoms with Crippen LogP contribution in [0.15, 0.2) is 101 Å². The zero-order valence-corrected chi connectivity index (χ0v) is 18.6. The van der Waals surface area contributed by atoms with Gasteiger partial charge in [-0.2, -0.15) is 0 Å². The number of rotatable bonds is 8. The molecule has 0 bridgehead atoms. The highest BCUT2D eigenvalue weighted by molar-refractivity contribution is 8.00. The van der Waals surface area contributed by atoms with Crippen molar-refractivity contribution < 1.29 is 14.3 Å². The quantitative estimate of drug-likeness (QED) is 0.265. The molecule has 4 aromatic rings. The Morgan fingerprint density at radius 1 is 0.906 bits per heavy atom. The molecule has 7 heteroatoms. The van der Waals surface area contributed by atoms with E-state index >= 15 is 0 Å². The lowest BCUT2D eigenvalue weighted by atomic mass is 10.1. The van der Waals surface area contributed by atoms with E-state index in [2.05, 4.69) is 10.3 Å². The zero-order valence-electron chi connectivity index (χ0n) is 17.0. The fraction of sp³-hybridized carbons (Fsp3) is 0.0800. The number of ether oxygens (including phenoxy) is 1. The van der Waals surface area contributed by atoms with Crippen LogP contribution in [0.1, 0.15) is 10.8 Å². The number of nitrogens with zero attached hydrogens (tertiary/aromatic N) is 1. The molecule has 160 valence electrons. The van der Waals surface area contributed by atoms with E-state index in [0.717, 1.165) is 21.7 Å². The number of nitrogens with one attached hydrogen (secondary N) is 1. The Morgan fingerprint density at radius 2 is 1.53 bits per heavy atom. The number of esters is 1. The van der Waals surface area contributed by atoms with Gasteiger partial charge in [0.15, 0.2) is 11.7 Å². The van der Waals surface area contributed by atoms with E-state index in [4.69, 9.17) is 4.74 Å². The molecular weight excluding hydrogens is 440 g/mol. The smallest absolute Gasteiger partial charge is 0.324 e. The van der Waals surface area contributed by atoms with Crippen LogP contribution < -0.4 is 5.32 Å². The van der Waals surface area contributed by atoms with Crippen LogP contribution in [0.25, 0.3) is 11.3 Å². The molecule has 1 unspecified atom stereocenters. The fourth-order valence-electron chi connectivity index (χ4n) is 2.96. The minimum Gasteiger partial charge on any atom is -0.454 e. The van der Waals surface area contributed by atoms with E-state index in [-0.39, 0.29) is 6.61 Å². The lowest BCUT2D eigenvalue weighted by molar-refractivity contribution is -0.146. The number of carbonyl (C=O) groups is 2. The van der Waals surface area contributed by atoms with Crippen LogP contribution in [0.2, 0.25) is 0 Å². The standard InChI is InChI=1S/C25H20N2O3S2/c28-22(27-25-26-21(17-31-25)18-10-4-1-5-11-18)16-30-24(29)23(19-12-6-2-7-13-19)32-20-14-8-3-9-15-20/h1-15,17,23H,16H2,(H,26,27,28). The Morgan fingerprint density at radius 3 is 2.22 bits per heavy atom. The van der Waals surface area contributed by atoms with E-state index in [9.17, 15) is 9.59 Å². The maximum atomic E-state index is 12.9. The molecule has 0 fully saturated rings. The van der Waals surface area contributed by atoms with Gasteiger partial charge in [0.25, 0.3) is 5.91 Å². The molecule has 0 radical (unpaired) electrons. The highest BCUT2D eigenvalue weighted by Crippen LogP contribution is 2.36. The monoisotopic (exact) mass is 460 g/mol. The molecular formula is C25H20N2O3S2. The third-order valence-electron chi connectivity index (χ3n) is 4.48. The van der Waals surface area contributed by atoms with Crippen LogP contribution in [0, 0.1) is 0 Å². The third-order valence-corrected chi connectivity index (χ3v) is 6.48. The molecule has 0 aliphatic carbocycles. The number of aromatic nitrogens is 1. The van der Waals surface area contributed by atoms with Gasteiger partial charge in [-0.3, -0.25) is 14.9 Å². The van der Waals surface area contributed by atoms with Crippen LogP contribution in [-0.2, 0) is 14.3 Å². The molecule has 1 amide bonds. The van der Waals surface area contributed by atoms with Crippen LogP contribution in [0.5, 0.6) is 0 Å². The van der Waals surface area contributed by atoms with Gasteiger partial charge in [-0.25, -0.2) is 4.98 Å². The Kier molecular flexibility index (Phi) is 7.32. The van der Waals surface area contributed by atoms with Crippen LogP contribution in [0.4, 0.5) is 5.13 Å². The number of anilines is 1. The minimum absolute atomic E-state index is 0.377. The normalized spacial score (nSPS) is 11.5. The molecule has 1 aromatic heterocycles. The Bertz CT molecular complexity index is 1170. The van der Waals surface area contributed by atoms with Gasteiger partial charge in [0.1, 0.15) is 5.25 Å². The fourth-order valence-corrected chi connectivity index (χ4v) is 4.74. The van der Waals surface area contributed by atoms with E-state index in [1.165, 1.54) is 23.1 Å². The first-order valence-corrected chi connectivity index (χ1v) is 11.7. The van der Waals surface area contributed by atoms with Crippen molar-refractivity contribution >= 4 is 40.1 Å². The number of thioether (sulfide) groups is 1. The molecule has 32 heavy (non-hydrogen) atoms. The van der Waals surface area contributed by atoms with Gasteiger partial charge >= 0.3 is 5.97 Å². The predicted octanol–water partition coefficient (Wildman–Crippen LogP) is 5.83. The summed E-state index contributed by atoms with van der Waals surface area (Å²) in [6, 6.07) is 28.7. The Hall–Kier alpha value is -3.42. The topological polar surface area (TPSA) is 68.3 Å². The van der Waals surface area contributed by atoms with Gasteiger partial charge in [-0.15, -0.1) is 23.1 Å². The molecule has 0 aliphatic heterocycles. The lowest BCUT2D eigenvalue weighted by Gasteiger charge is -2.16. The lowest BCUT2D eigenvalue weighted by Crippen LogP contribution is -2.23. The number of carbonyl (C=O) groups excluding carboxylic acids is 2. The molecule has 3 aromatic carbocycles. The van der Waals surface area contributed by atoms with Crippen molar-refractivity contribution in [2.45, 2.75) is 10.1 Å². The maximum Gasteiger partial charge on any atom is 0.324 e. The summed E-state index contributed by atoms with van der Waals surface area (Å²) in [5.74, 6) is -0.895. The van der Waals surface area contributed by atoms with Crippen molar-refractivity contribution in [3.63, 3.8) is 0 Å². The number of amides is 1. The van der Waals surface area contributed by atoms with Crippen molar-refractivity contribution in [3.8, 4) is 11.3 Å². The van der Waals surface area contributed by atoms with Crippen molar-refractivity contribution in [2.75, 3.05) is 11.9 Å². The second-order valence-electron chi connectivity index (χ2n) is 6.78. The third kappa shape index (κ3) is 5.84. The molecule has 1 N–H and O–H groups in total. The Balaban J connectivity index is 1.37. The largest absolute Gasteiger partial charge is 0.454 e. The van der Waals surface area contributed by atoms with Gasteiger partial charge in [0, 0.05) is 15.8 Å². The highest BCUT2D eigenvalue weighted by atomic mass is 32.2. The molecule has 5 nitrogen and oxygen atoms in total. The van der Waals surface area contributed by atoms with Crippen molar-refractivity contribution in [1.29, 1.82) is 0 Å². The number of hydrogen-bond donors (Lipinski definition) is 1. The SMILES string of the molecule is O=C(COC(=O)C(Sc1ccccc1)c1ccccc1)Nc1nc(-c2ccccc2)cs1. The van der Waals surface area contributed by atoms with Gasteiger partial charge in [0.05, 0.1) is 5.69 Å². The zero-order chi connectivity index (χ0) is 22.2. The first-order chi connectivity index (χ1) is 15.7. The number of benzene rings is 3. The van der Waals surface area contributed by atoms with E-state index < -0.39 is 17.1 Å². The summed E-state index contributed by atoms with van der Waals surface area (Å²) in [6.07, 6.45) is 0. The molecule has 0 spiro atoms. The number of hydrogen-bond acceptors (Lipinski definition) is 6. The average molecular weight is 461 g/mol. The van der Waals surface area contributed by atoms with Crippen molar-refractivity contribution in [1.82, 2.24) is 4.98 Å². The predicted molar refractivity (Wildman–Crippen MR) is 129 cm³/mol. The van der Waals surface area contributed by atoms with Crippen molar-refractivity contribution in [2.24, 2.45) is 0 Å². The van der Waals surface area contributed by atoms with Gasteiger partial charge in [0.2, 0.25) is 0 Å². The number of thiazole rings is 1. The van der Waals surface area contributed by atoms with E-state index in [1.54, 1.807) is 0 Å². The first kappa shape index (κ1) is 21.8.